The number of nitrogens with one attached hydrogen (secondary N) is 3. The van der Waals surface area contributed by atoms with Gasteiger partial charge in [-0.2, -0.15) is 0 Å². The largest absolute Gasteiger partial charge is 0.508 e. The van der Waals surface area contributed by atoms with Crippen molar-refractivity contribution in [1.82, 2.24) is 16.0 Å². The van der Waals surface area contributed by atoms with Crippen LogP contribution in [-0.4, -0.2) is 70.3 Å². The van der Waals surface area contributed by atoms with E-state index in [0.717, 1.165) is 0 Å². The van der Waals surface area contributed by atoms with Crippen molar-refractivity contribution >= 4 is 23.7 Å². The highest BCUT2D eigenvalue weighted by atomic mass is 16.4. The number of nitrogens with two attached hydrogens (primary N) is 1. The number of aliphatic hydroxyl groups excluding tert-OH is 1. The number of amides is 3. The first-order valence-corrected chi connectivity index (χ1v) is 9.29. The van der Waals surface area contributed by atoms with Gasteiger partial charge in [-0.3, -0.25) is 14.4 Å². The Hall–Kier alpha value is -3.18. The van der Waals surface area contributed by atoms with E-state index in [1.54, 1.807) is 26.0 Å². The molecule has 0 saturated carbocycles. The molecule has 166 valence electrons. The quantitative estimate of drug-likeness (QED) is 0.214. The fourth-order valence-electron chi connectivity index (χ4n) is 2.47. The molecule has 1 rings (SSSR count). The number of carboxylic acid groups (broad SMARTS) is 1. The van der Waals surface area contributed by atoms with Crippen LogP contribution in [0.4, 0.5) is 0 Å². The van der Waals surface area contributed by atoms with Crippen LogP contribution in [0.5, 0.6) is 5.75 Å². The van der Waals surface area contributed by atoms with Gasteiger partial charge in [-0.25, -0.2) is 4.79 Å². The molecule has 3 atom stereocenters. The summed E-state index contributed by atoms with van der Waals surface area (Å²) in [5.41, 5.74) is 5.95. The zero-order chi connectivity index (χ0) is 22.8. The fourth-order valence-corrected chi connectivity index (χ4v) is 2.47. The smallest absolute Gasteiger partial charge is 0.326 e. The van der Waals surface area contributed by atoms with E-state index in [1.807, 2.05) is 0 Å². The maximum absolute atomic E-state index is 12.7. The first-order chi connectivity index (χ1) is 14.0. The summed E-state index contributed by atoms with van der Waals surface area (Å²) in [7, 11) is 0. The van der Waals surface area contributed by atoms with Gasteiger partial charge in [0, 0.05) is 6.42 Å². The number of carbonyl (C=O) groups is 4. The Bertz CT molecular complexity index is 752. The molecule has 0 aromatic heterocycles. The molecular formula is C19H28N4O7. The summed E-state index contributed by atoms with van der Waals surface area (Å²) in [6.07, 6.45) is 0.0202. The van der Waals surface area contributed by atoms with E-state index in [9.17, 15) is 29.4 Å². The summed E-state index contributed by atoms with van der Waals surface area (Å²) in [4.78, 5) is 47.8. The van der Waals surface area contributed by atoms with E-state index in [0.29, 0.717) is 5.56 Å². The molecule has 1 aromatic rings. The second-order valence-electron chi connectivity index (χ2n) is 7.07. The molecular weight excluding hydrogens is 396 g/mol. The molecule has 0 aliphatic heterocycles. The van der Waals surface area contributed by atoms with Crippen molar-refractivity contribution in [2.45, 2.75) is 38.4 Å². The van der Waals surface area contributed by atoms with Gasteiger partial charge >= 0.3 is 5.97 Å². The number of aliphatic carboxylic acids is 1. The van der Waals surface area contributed by atoms with Gasteiger partial charge in [0.2, 0.25) is 17.7 Å². The van der Waals surface area contributed by atoms with Gasteiger partial charge in [-0.15, -0.1) is 0 Å². The third-order valence-electron chi connectivity index (χ3n) is 4.21. The average molecular weight is 424 g/mol. The molecule has 11 nitrogen and oxygen atoms in total. The van der Waals surface area contributed by atoms with Gasteiger partial charge in [0.25, 0.3) is 0 Å². The lowest BCUT2D eigenvalue weighted by Gasteiger charge is -2.23. The maximum atomic E-state index is 12.7. The molecule has 0 radical (unpaired) electrons. The zero-order valence-electron chi connectivity index (χ0n) is 16.8. The van der Waals surface area contributed by atoms with Crippen molar-refractivity contribution < 1.29 is 34.5 Å². The highest BCUT2D eigenvalue weighted by Gasteiger charge is 2.28. The highest BCUT2D eigenvalue weighted by molar-refractivity contribution is 5.92. The van der Waals surface area contributed by atoms with E-state index in [2.05, 4.69) is 16.0 Å². The van der Waals surface area contributed by atoms with Crippen LogP contribution in [0.15, 0.2) is 24.3 Å². The third kappa shape index (κ3) is 8.05. The highest BCUT2D eigenvalue weighted by Crippen LogP contribution is 2.12. The number of hydrogen-bond donors (Lipinski definition) is 7. The van der Waals surface area contributed by atoms with Crippen LogP contribution in [0.3, 0.4) is 0 Å². The standard InChI is InChI=1S/C19H28N4O7/c1-10(2)16(19(29)30)23-18(28)14(7-11-3-5-12(25)6-4-11)22-15(26)8-21-17(27)13(20)9-24/h3-6,10,13-14,16,24-25H,7-9,20H2,1-2H3,(H,21,27)(H,22,26)(H,23,28)(H,29,30). The molecule has 0 aliphatic rings. The van der Waals surface area contributed by atoms with Crippen molar-refractivity contribution in [1.29, 1.82) is 0 Å². The Labute approximate surface area is 173 Å². The van der Waals surface area contributed by atoms with Gasteiger partial charge in [-0.05, 0) is 23.6 Å². The Balaban J connectivity index is 2.89. The van der Waals surface area contributed by atoms with Crippen molar-refractivity contribution in [2.75, 3.05) is 13.2 Å². The van der Waals surface area contributed by atoms with Crippen LogP contribution >= 0.6 is 0 Å². The number of carbonyl (C=O) groups excluding carboxylic acids is 3. The molecule has 30 heavy (non-hydrogen) atoms. The van der Waals surface area contributed by atoms with Gasteiger partial charge in [0.1, 0.15) is 23.9 Å². The summed E-state index contributed by atoms with van der Waals surface area (Å²) >= 11 is 0. The Morgan fingerprint density at radius 2 is 1.63 bits per heavy atom. The lowest BCUT2D eigenvalue weighted by Crippen LogP contribution is -2.55. The molecule has 3 unspecified atom stereocenters. The van der Waals surface area contributed by atoms with Gasteiger partial charge in [0.05, 0.1) is 13.2 Å². The minimum atomic E-state index is -1.21. The lowest BCUT2D eigenvalue weighted by atomic mass is 10.0. The normalized spacial score (nSPS) is 13.8. The minimum absolute atomic E-state index is 0.0202. The summed E-state index contributed by atoms with van der Waals surface area (Å²) < 4.78 is 0. The zero-order valence-corrected chi connectivity index (χ0v) is 16.8. The third-order valence-corrected chi connectivity index (χ3v) is 4.21. The predicted octanol–water partition coefficient (Wildman–Crippen LogP) is -1.92. The second kappa shape index (κ2) is 11.7. The topological polar surface area (TPSA) is 191 Å². The van der Waals surface area contributed by atoms with Crippen molar-refractivity contribution in [3.8, 4) is 5.75 Å². The van der Waals surface area contributed by atoms with Gasteiger partial charge < -0.3 is 37.0 Å². The first-order valence-electron chi connectivity index (χ1n) is 9.29. The van der Waals surface area contributed by atoms with Crippen molar-refractivity contribution in [2.24, 2.45) is 11.7 Å². The van der Waals surface area contributed by atoms with Gasteiger partial charge in [-0.1, -0.05) is 26.0 Å². The maximum Gasteiger partial charge on any atom is 0.326 e. The Morgan fingerprint density at radius 1 is 1.03 bits per heavy atom. The Kier molecular flexibility index (Phi) is 9.72. The number of carboxylic acids is 1. The molecule has 3 amide bonds. The van der Waals surface area contributed by atoms with E-state index < -0.39 is 60.9 Å². The SMILES string of the molecule is CC(C)C(NC(=O)C(Cc1ccc(O)cc1)NC(=O)CNC(=O)C(N)CO)C(=O)O. The summed E-state index contributed by atoms with van der Waals surface area (Å²) in [5, 5.41) is 34.6. The van der Waals surface area contributed by atoms with Crippen molar-refractivity contribution in [3.63, 3.8) is 0 Å². The summed E-state index contributed by atoms with van der Waals surface area (Å²) in [5.74, 6) is -3.73. The minimum Gasteiger partial charge on any atom is -0.508 e. The molecule has 0 saturated heterocycles. The van der Waals surface area contributed by atoms with Crippen molar-refractivity contribution in [3.05, 3.63) is 29.8 Å². The van der Waals surface area contributed by atoms with E-state index in [-0.39, 0.29) is 12.2 Å². The molecule has 0 aliphatic carbocycles. The number of aromatic hydroxyl groups is 1. The number of phenols is 1. The summed E-state index contributed by atoms with van der Waals surface area (Å²) in [6.45, 7) is 2.18. The van der Waals surface area contributed by atoms with Crippen LogP contribution in [0.1, 0.15) is 19.4 Å². The lowest BCUT2D eigenvalue weighted by molar-refractivity contribution is -0.143. The number of benzene rings is 1. The van der Waals surface area contributed by atoms with E-state index in [1.165, 1.54) is 12.1 Å². The summed E-state index contributed by atoms with van der Waals surface area (Å²) in [6, 6.07) is 2.47. The van der Waals surface area contributed by atoms with Gasteiger partial charge in [0.15, 0.2) is 0 Å². The van der Waals surface area contributed by atoms with Crippen LogP contribution < -0.4 is 21.7 Å². The molecule has 1 aromatic carbocycles. The van der Waals surface area contributed by atoms with Crippen LogP contribution in [0, 0.1) is 5.92 Å². The molecule has 0 fully saturated rings. The Morgan fingerprint density at radius 3 is 2.13 bits per heavy atom. The number of hydrogen-bond acceptors (Lipinski definition) is 7. The molecule has 0 spiro atoms. The monoisotopic (exact) mass is 424 g/mol. The predicted molar refractivity (Wildman–Crippen MR) is 106 cm³/mol. The van der Waals surface area contributed by atoms with E-state index >= 15 is 0 Å². The first kappa shape index (κ1) is 24.9. The number of rotatable bonds is 11. The van der Waals surface area contributed by atoms with Crippen LogP contribution in [0.25, 0.3) is 0 Å². The van der Waals surface area contributed by atoms with Crippen LogP contribution in [0.2, 0.25) is 0 Å². The second-order valence-corrected chi connectivity index (χ2v) is 7.07. The number of aliphatic hydroxyl groups is 1. The molecule has 8 N–H and O–H groups in total. The fraction of sp³-hybridized carbons (Fsp3) is 0.474. The van der Waals surface area contributed by atoms with Crippen LogP contribution in [-0.2, 0) is 25.6 Å². The molecule has 0 bridgehead atoms. The average Bonchev–Trinajstić information content (AvgIpc) is 2.69. The number of phenolic OH excluding ortho intramolecular Hbond substituents is 1. The van der Waals surface area contributed by atoms with E-state index in [4.69, 9.17) is 10.8 Å². The molecule has 0 heterocycles. The molecule has 11 heteroatoms.